The second-order valence-corrected chi connectivity index (χ2v) is 7.45. The predicted molar refractivity (Wildman–Crippen MR) is 61.3 cm³/mol. The molecule has 2 N–H and O–H groups in total. The highest BCUT2D eigenvalue weighted by Gasteiger charge is 2.55. The molecule has 0 bridgehead atoms. The smallest absolute Gasteiger partial charge is 0.311 e. The van der Waals surface area contributed by atoms with E-state index >= 15 is 0 Å². The molecular weight excluding hydrogens is 244 g/mol. The maximum Gasteiger partial charge on any atom is 0.311 e. The Balaban J connectivity index is 2.32. The fourth-order valence-corrected chi connectivity index (χ4v) is 5.34. The Morgan fingerprint density at radius 1 is 1.24 bits per heavy atom. The molecule has 1 saturated carbocycles. The van der Waals surface area contributed by atoms with Crippen LogP contribution in [0.1, 0.15) is 32.1 Å². The fraction of sp³-hybridized carbons (Fsp3) is 0.909. The third kappa shape index (κ3) is 2.20. The van der Waals surface area contributed by atoms with Gasteiger partial charge in [0.1, 0.15) is 0 Å². The third-order valence-electron chi connectivity index (χ3n) is 4.20. The minimum Gasteiger partial charge on any atom is -0.481 e. The van der Waals surface area contributed by atoms with Gasteiger partial charge in [-0.1, -0.05) is 12.8 Å². The van der Waals surface area contributed by atoms with Crippen LogP contribution in [0.2, 0.25) is 0 Å². The molecule has 0 aromatic rings. The van der Waals surface area contributed by atoms with Gasteiger partial charge < -0.3 is 10.2 Å². The summed E-state index contributed by atoms with van der Waals surface area (Å²) in [6.45, 7) is 0. The van der Waals surface area contributed by atoms with Crippen molar-refractivity contribution in [3.05, 3.63) is 0 Å². The lowest BCUT2D eigenvalue weighted by Crippen LogP contribution is -2.46. The quantitative estimate of drug-likeness (QED) is 0.753. The van der Waals surface area contributed by atoms with Crippen LogP contribution in [0.4, 0.5) is 0 Å². The summed E-state index contributed by atoms with van der Waals surface area (Å²) in [5.41, 5.74) is -1.25. The number of aliphatic hydroxyl groups is 1. The van der Waals surface area contributed by atoms with Crippen LogP contribution in [0.5, 0.6) is 0 Å². The Morgan fingerprint density at radius 3 is 2.35 bits per heavy atom. The molecule has 2 rings (SSSR count). The number of aliphatic hydroxyl groups excluding tert-OH is 1. The molecule has 1 heterocycles. The number of sulfone groups is 1. The molecule has 3 unspecified atom stereocenters. The normalized spacial score (nSPS) is 41.2. The average Bonchev–Trinajstić information content (AvgIpc) is 2.56. The molecule has 0 spiro atoms. The molecule has 98 valence electrons. The summed E-state index contributed by atoms with van der Waals surface area (Å²) in [7, 11) is -3.26. The first-order valence-corrected chi connectivity index (χ1v) is 7.81. The van der Waals surface area contributed by atoms with E-state index < -0.39 is 33.2 Å². The van der Waals surface area contributed by atoms with Crippen LogP contribution >= 0.6 is 0 Å². The maximum atomic E-state index is 11.6. The van der Waals surface area contributed by atoms with Gasteiger partial charge in [0.2, 0.25) is 0 Å². The third-order valence-corrected chi connectivity index (χ3v) is 5.98. The van der Waals surface area contributed by atoms with Crippen molar-refractivity contribution in [2.24, 2.45) is 11.3 Å². The van der Waals surface area contributed by atoms with Crippen molar-refractivity contribution in [2.75, 3.05) is 11.5 Å². The highest BCUT2D eigenvalue weighted by Crippen LogP contribution is 2.46. The second kappa shape index (κ2) is 4.24. The van der Waals surface area contributed by atoms with Crippen molar-refractivity contribution in [1.29, 1.82) is 0 Å². The predicted octanol–water partition coefficient (Wildman–Crippen LogP) is 0.427. The van der Waals surface area contributed by atoms with Gasteiger partial charge in [0.25, 0.3) is 0 Å². The molecule has 2 fully saturated rings. The zero-order valence-corrected chi connectivity index (χ0v) is 10.4. The Labute approximate surface area is 101 Å². The van der Waals surface area contributed by atoms with Crippen molar-refractivity contribution in [3.63, 3.8) is 0 Å². The highest BCUT2D eigenvalue weighted by atomic mass is 32.2. The second-order valence-electron chi connectivity index (χ2n) is 5.26. The monoisotopic (exact) mass is 262 g/mol. The maximum absolute atomic E-state index is 11.6. The van der Waals surface area contributed by atoms with Gasteiger partial charge in [-0.3, -0.25) is 4.79 Å². The largest absolute Gasteiger partial charge is 0.481 e. The van der Waals surface area contributed by atoms with E-state index in [-0.39, 0.29) is 17.9 Å². The van der Waals surface area contributed by atoms with E-state index in [0.717, 1.165) is 12.8 Å². The van der Waals surface area contributed by atoms with Crippen molar-refractivity contribution in [3.8, 4) is 0 Å². The van der Waals surface area contributed by atoms with E-state index in [4.69, 9.17) is 0 Å². The van der Waals surface area contributed by atoms with E-state index in [9.17, 15) is 23.4 Å². The summed E-state index contributed by atoms with van der Waals surface area (Å²) in [6, 6.07) is 0. The van der Waals surface area contributed by atoms with Crippen molar-refractivity contribution < 1.29 is 23.4 Å². The van der Waals surface area contributed by atoms with Crippen LogP contribution in [0.3, 0.4) is 0 Å². The summed E-state index contributed by atoms with van der Waals surface area (Å²) in [6.07, 6.45) is 2.43. The zero-order chi connectivity index (χ0) is 12.7. The summed E-state index contributed by atoms with van der Waals surface area (Å²) in [5, 5.41) is 19.3. The van der Waals surface area contributed by atoms with E-state index in [1.54, 1.807) is 0 Å². The number of carboxylic acid groups (broad SMARTS) is 1. The lowest BCUT2D eigenvalue weighted by molar-refractivity contribution is -0.155. The molecule has 5 nitrogen and oxygen atoms in total. The molecule has 2 aliphatic rings. The Hall–Kier alpha value is -0.620. The van der Waals surface area contributed by atoms with E-state index in [2.05, 4.69) is 0 Å². The lowest BCUT2D eigenvalue weighted by Gasteiger charge is -2.38. The molecule has 0 aromatic heterocycles. The first-order chi connectivity index (χ1) is 7.87. The van der Waals surface area contributed by atoms with Crippen LogP contribution in [0.25, 0.3) is 0 Å². The average molecular weight is 262 g/mol. The summed E-state index contributed by atoms with van der Waals surface area (Å²) < 4.78 is 23.1. The van der Waals surface area contributed by atoms with Gasteiger partial charge in [-0.2, -0.15) is 0 Å². The molecule has 0 aromatic carbocycles. The van der Waals surface area contributed by atoms with Gasteiger partial charge >= 0.3 is 5.97 Å². The van der Waals surface area contributed by atoms with Gasteiger partial charge in [0.05, 0.1) is 23.0 Å². The number of hydrogen-bond acceptors (Lipinski definition) is 4. The van der Waals surface area contributed by atoms with E-state index in [1.165, 1.54) is 0 Å². The van der Waals surface area contributed by atoms with E-state index in [0.29, 0.717) is 12.8 Å². The summed E-state index contributed by atoms with van der Waals surface area (Å²) in [4.78, 5) is 11.5. The Bertz CT molecular complexity index is 416. The number of aliphatic carboxylic acids is 1. The van der Waals surface area contributed by atoms with Gasteiger partial charge in [-0.05, 0) is 19.3 Å². The molecule has 0 amide bonds. The molecular formula is C11H18O5S. The first kappa shape index (κ1) is 12.8. The number of carboxylic acids is 1. The van der Waals surface area contributed by atoms with Crippen LogP contribution in [0.15, 0.2) is 0 Å². The van der Waals surface area contributed by atoms with Crippen LogP contribution in [0, 0.1) is 11.3 Å². The number of carbonyl (C=O) groups is 1. The Kier molecular flexibility index (Phi) is 3.20. The van der Waals surface area contributed by atoms with E-state index in [1.807, 2.05) is 0 Å². The van der Waals surface area contributed by atoms with Gasteiger partial charge in [0.15, 0.2) is 9.84 Å². The molecule has 1 saturated heterocycles. The lowest BCUT2D eigenvalue weighted by atomic mass is 9.67. The van der Waals surface area contributed by atoms with Gasteiger partial charge in [-0.15, -0.1) is 0 Å². The molecule has 1 aliphatic carbocycles. The van der Waals surface area contributed by atoms with Crippen LogP contribution in [-0.2, 0) is 14.6 Å². The van der Waals surface area contributed by atoms with Gasteiger partial charge in [-0.25, -0.2) is 8.42 Å². The molecule has 17 heavy (non-hydrogen) atoms. The zero-order valence-electron chi connectivity index (χ0n) is 9.63. The number of rotatable bonds is 2. The first-order valence-electron chi connectivity index (χ1n) is 5.99. The minimum absolute atomic E-state index is 0.0669. The summed E-state index contributed by atoms with van der Waals surface area (Å²) in [5.74, 6) is -1.85. The number of hydrogen-bond donors (Lipinski definition) is 2. The van der Waals surface area contributed by atoms with Crippen molar-refractivity contribution in [2.45, 2.75) is 38.2 Å². The Morgan fingerprint density at radius 2 is 1.88 bits per heavy atom. The van der Waals surface area contributed by atoms with Crippen LogP contribution < -0.4 is 0 Å². The highest BCUT2D eigenvalue weighted by molar-refractivity contribution is 7.91. The fourth-order valence-electron chi connectivity index (χ4n) is 3.25. The minimum atomic E-state index is -3.26. The molecule has 3 atom stereocenters. The summed E-state index contributed by atoms with van der Waals surface area (Å²) >= 11 is 0. The molecule has 6 heteroatoms. The standard InChI is InChI=1S/C11H18O5S/c12-9-4-2-1-3-8(9)11(10(13)14)5-6-17(15,16)7-11/h8-9,12H,1-7H2,(H,13,14). The molecule has 0 radical (unpaired) electrons. The van der Waals surface area contributed by atoms with Crippen LogP contribution in [-0.4, -0.2) is 42.2 Å². The molecule has 1 aliphatic heterocycles. The van der Waals surface area contributed by atoms with Crippen molar-refractivity contribution in [1.82, 2.24) is 0 Å². The SMILES string of the molecule is O=C(O)C1(C2CCCCC2O)CCS(=O)(=O)C1. The topological polar surface area (TPSA) is 91.7 Å². The van der Waals surface area contributed by atoms with Gasteiger partial charge in [0, 0.05) is 5.92 Å². The van der Waals surface area contributed by atoms with Crippen molar-refractivity contribution >= 4 is 15.8 Å².